The van der Waals surface area contributed by atoms with E-state index >= 15 is 0 Å². The zero-order valence-corrected chi connectivity index (χ0v) is 16.0. The zero-order chi connectivity index (χ0) is 18.6. The van der Waals surface area contributed by atoms with Crippen LogP contribution in [0.5, 0.6) is 5.75 Å². The first-order chi connectivity index (χ1) is 11.7. The lowest BCUT2D eigenvalue weighted by molar-refractivity contribution is -0.142. The van der Waals surface area contributed by atoms with Gasteiger partial charge in [0.1, 0.15) is 5.75 Å². The molecule has 1 N–H and O–H groups in total. The third-order valence-electron chi connectivity index (χ3n) is 4.66. The Bertz CT molecular complexity index is 634. The molecular weight excluding hydrogens is 316 g/mol. The summed E-state index contributed by atoms with van der Waals surface area (Å²) >= 11 is 0. The van der Waals surface area contributed by atoms with E-state index in [1.54, 1.807) is 7.11 Å². The number of benzene rings is 1. The average Bonchev–Trinajstić information content (AvgIpc) is 2.59. The van der Waals surface area contributed by atoms with Crippen molar-refractivity contribution in [3.63, 3.8) is 0 Å². The second-order valence-electron chi connectivity index (χ2n) is 7.86. The lowest BCUT2D eigenvalue weighted by Crippen LogP contribution is -2.48. The quantitative estimate of drug-likeness (QED) is 0.912. The number of carbonyl (C=O) groups excluding carboxylic acids is 2. The monoisotopic (exact) mass is 346 g/mol. The highest BCUT2D eigenvalue weighted by atomic mass is 16.5. The molecule has 1 aliphatic rings. The first-order valence-corrected chi connectivity index (χ1v) is 8.93. The van der Waals surface area contributed by atoms with Crippen molar-refractivity contribution in [3.05, 3.63) is 29.3 Å². The van der Waals surface area contributed by atoms with Gasteiger partial charge in [-0.1, -0.05) is 32.9 Å². The number of methoxy groups -OCH3 is 1. The summed E-state index contributed by atoms with van der Waals surface area (Å²) in [7, 11) is 1.65. The first-order valence-electron chi connectivity index (χ1n) is 8.93. The van der Waals surface area contributed by atoms with E-state index in [1.807, 2.05) is 50.8 Å². The van der Waals surface area contributed by atoms with Gasteiger partial charge in [0, 0.05) is 25.0 Å². The number of nitrogens with zero attached hydrogens (tertiary/aromatic N) is 1. The summed E-state index contributed by atoms with van der Waals surface area (Å²) in [5.41, 5.74) is 1.67. The number of likely N-dealkylation sites (tertiary alicyclic amines) is 1. The van der Waals surface area contributed by atoms with Crippen molar-refractivity contribution in [1.29, 1.82) is 0 Å². The normalized spacial score (nSPS) is 18.0. The number of hydrogen-bond acceptors (Lipinski definition) is 3. The number of piperidine rings is 1. The van der Waals surface area contributed by atoms with Crippen molar-refractivity contribution in [2.75, 3.05) is 20.2 Å². The fourth-order valence-corrected chi connectivity index (χ4v) is 3.16. The summed E-state index contributed by atoms with van der Waals surface area (Å²) in [6, 6.07) is 5.94. The Morgan fingerprint density at radius 1 is 1.32 bits per heavy atom. The number of hydrogen-bond donors (Lipinski definition) is 1. The highest BCUT2D eigenvalue weighted by Crippen LogP contribution is 2.24. The van der Waals surface area contributed by atoms with E-state index in [9.17, 15) is 9.59 Å². The molecule has 1 aromatic carbocycles. The fraction of sp³-hybridized carbons (Fsp3) is 0.600. The molecule has 1 unspecified atom stereocenters. The molecule has 0 radical (unpaired) electrons. The molecule has 2 amide bonds. The third kappa shape index (κ3) is 4.97. The van der Waals surface area contributed by atoms with Gasteiger partial charge in [0.15, 0.2) is 0 Å². The maximum absolute atomic E-state index is 12.5. The minimum atomic E-state index is -0.406. The van der Waals surface area contributed by atoms with Crippen LogP contribution < -0.4 is 10.1 Å². The predicted octanol–water partition coefficient (Wildman–Crippen LogP) is 2.90. The summed E-state index contributed by atoms with van der Waals surface area (Å²) in [4.78, 5) is 26.8. The van der Waals surface area contributed by atoms with Crippen molar-refractivity contribution in [1.82, 2.24) is 10.2 Å². The molecule has 0 spiro atoms. The molecule has 5 nitrogen and oxygen atoms in total. The van der Waals surface area contributed by atoms with Crippen LogP contribution in [0.15, 0.2) is 18.2 Å². The Morgan fingerprint density at radius 3 is 2.68 bits per heavy atom. The number of rotatable bonds is 4. The number of amides is 2. The van der Waals surface area contributed by atoms with Gasteiger partial charge in [-0.25, -0.2) is 0 Å². The standard InChI is InChI=1S/C20H30N2O3/c1-14-8-9-15(11-17(14)25-5)12-21-18(23)16-7-6-10-22(13-16)19(24)20(2,3)4/h8-9,11,16H,6-7,10,12-13H2,1-5H3,(H,21,23). The van der Waals surface area contributed by atoms with Gasteiger partial charge < -0.3 is 15.0 Å². The summed E-state index contributed by atoms with van der Waals surface area (Å²) in [6.45, 7) is 9.48. The van der Waals surface area contributed by atoms with Crippen LogP contribution in [0.2, 0.25) is 0 Å². The molecule has 138 valence electrons. The maximum Gasteiger partial charge on any atom is 0.227 e. The molecule has 1 aromatic rings. The topological polar surface area (TPSA) is 58.6 Å². The van der Waals surface area contributed by atoms with Gasteiger partial charge in [-0.05, 0) is 37.0 Å². The summed E-state index contributed by atoms with van der Waals surface area (Å²) < 4.78 is 5.32. The SMILES string of the molecule is COc1cc(CNC(=O)C2CCCN(C(=O)C(C)(C)C)C2)ccc1C. The molecule has 2 rings (SSSR count). The van der Waals surface area contributed by atoms with E-state index in [4.69, 9.17) is 4.74 Å². The highest BCUT2D eigenvalue weighted by molar-refractivity contribution is 5.83. The van der Waals surface area contributed by atoms with Gasteiger partial charge in [0.25, 0.3) is 0 Å². The Balaban J connectivity index is 1.93. The van der Waals surface area contributed by atoms with Crippen molar-refractivity contribution in [2.45, 2.75) is 47.1 Å². The van der Waals surface area contributed by atoms with Crippen LogP contribution in [0.1, 0.15) is 44.7 Å². The third-order valence-corrected chi connectivity index (χ3v) is 4.66. The lowest BCUT2D eigenvalue weighted by Gasteiger charge is -2.35. The molecule has 0 aromatic heterocycles. The second kappa shape index (κ2) is 7.89. The Hall–Kier alpha value is -2.04. The van der Waals surface area contributed by atoms with Crippen LogP contribution in [0.4, 0.5) is 0 Å². The van der Waals surface area contributed by atoms with Gasteiger partial charge in [0.05, 0.1) is 13.0 Å². The lowest BCUT2D eigenvalue weighted by atomic mass is 9.91. The van der Waals surface area contributed by atoms with Crippen LogP contribution in [0.25, 0.3) is 0 Å². The molecule has 0 aliphatic carbocycles. The van der Waals surface area contributed by atoms with E-state index in [1.165, 1.54) is 0 Å². The second-order valence-corrected chi connectivity index (χ2v) is 7.86. The fourth-order valence-electron chi connectivity index (χ4n) is 3.16. The molecule has 1 saturated heterocycles. The molecule has 1 aliphatic heterocycles. The predicted molar refractivity (Wildman–Crippen MR) is 98.3 cm³/mol. The first kappa shape index (κ1) is 19.3. The number of carbonyl (C=O) groups is 2. The molecule has 1 atom stereocenters. The van der Waals surface area contributed by atoms with Crippen molar-refractivity contribution in [3.8, 4) is 5.75 Å². The van der Waals surface area contributed by atoms with Gasteiger partial charge >= 0.3 is 0 Å². The van der Waals surface area contributed by atoms with Crippen LogP contribution in [0, 0.1) is 18.3 Å². The van der Waals surface area contributed by atoms with E-state index in [2.05, 4.69) is 5.32 Å². The minimum absolute atomic E-state index is 0.0194. The molecule has 1 fully saturated rings. The molecule has 5 heteroatoms. The van der Waals surface area contributed by atoms with Crippen molar-refractivity contribution in [2.24, 2.45) is 11.3 Å². The molecule has 0 bridgehead atoms. The van der Waals surface area contributed by atoms with Crippen LogP contribution in [-0.4, -0.2) is 36.9 Å². The smallest absolute Gasteiger partial charge is 0.227 e. The van der Waals surface area contributed by atoms with Gasteiger partial charge in [-0.3, -0.25) is 9.59 Å². The Morgan fingerprint density at radius 2 is 2.04 bits per heavy atom. The summed E-state index contributed by atoms with van der Waals surface area (Å²) in [5.74, 6) is 0.831. The molecule has 0 saturated carbocycles. The largest absolute Gasteiger partial charge is 0.496 e. The van der Waals surface area contributed by atoms with Gasteiger partial charge in [-0.2, -0.15) is 0 Å². The van der Waals surface area contributed by atoms with Crippen molar-refractivity contribution >= 4 is 11.8 Å². The average molecular weight is 346 g/mol. The number of nitrogens with one attached hydrogen (secondary N) is 1. The van der Waals surface area contributed by atoms with Gasteiger partial charge in [-0.15, -0.1) is 0 Å². The zero-order valence-electron chi connectivity index (χ0n) is 16.0. The maximum atomic E-state index is 12.5. The van der Waals surface area contributed by atoms with E-state index in [0.717, 1.165) is 36.3 Å². The van der Waals surface area contributed by atoms with E-state index in [-0.39, 0.29) is 17.7 Å². The van der Waals surface area contributed by atoms with Crippen LogP contribution in [0.3, 0.4) is 0 Å². The molecule has 1 heterocycles. The summed E-state index contributed by atoms with van der Waals surface area (Å²) in [6.07, 6.45) is 1.70. The van der Waals surface area contributed by atoms with Crippen LogP contribution >= 0.6 is 0 Å². The van der Waals surface area contributed by atoms with Gasteiger partial charge in [0.2, 0.25) is 11.8 Å². The number of ether oxygens (including phenoxy) is 1. The molecular formula is C20H30N2O3. The van der Waals surface area contributed by atoms with Crippen LogP contribution in [-0.2, 0) is 16.1 Å². The van der Waals surface area contributed by atoms with Crippen molar-refractivity contribution < 1.29 is 14.3 Å². The Kier molecular flexibility index (Phi) is 6.09. The van der Waals surface area contributed by atoms with E-state index < -0.39 is 5.41 Å². The molecule has 25 heavy (non-hydrogen) atoms. The highest BCUT2D eigenvalue weighted by Gasteiger charge is 2.33. The summed E-state index contributed by atoms with van der Waals surface area (Å²) in [5, 5.41) is 3.01. The van der Waals surface area contributed by atoms with E-state index in [0.29, 0.717) is 13.1 Å². The minimum Gasteiger partial charge on any atom is -0.496 e. The Labute approximate surface area is 150 Å². The number of aryl methyl sites for hydroxylation is 1.